The zero-order valence-corrected chi connectivity index (χ0v) is 9.04. The van der Waals surface area contributed by atoms with Crippen LogP contribution in [0.4, 0.5) is 5.69 Å². The molecule has 1 aromatic heterocycles. The topological polar surface area (TPSA) is 48.7 Å². The molecule has 0 amide bonds. The molecule has 0 aliphatic carbocycles. The summed E-state index contributed by atoms with van der Waals surface area (Å²) < 4.78 is 3.90. The normalized spacial score (nSPS) is 12.2. The number of hydrogen-bond acceptors (Lipinski definition) is 4. The molecule has 1 aromatic rings. The molecule has 1 heterocycles. The zero-order valence-electron chi connectivity index (χ0n) is 7.47. The summed E-state index contributed by atoms with van der Waals surface area (Å²) in [5.41, 5.74) is 0.670. The van der Waals surface area contributed by atoms with Gasteiger partial charge in [-0.3, -0.25) is 0 Å². The van der Waals surface area contributed by atoms with Crippen LogP contribution in [0.25, 0.3) is 0 Å². The van der Waals surface area contributed by atoms with Crippen molar-refractivity contribution in [3.63, 3.8) is 0 Å². The van der Waals surface area contributed by atoms with E-state index in [9.17, 15) is 0 Å². The van der Waals surface area contributed by atoms with Gasteiger partial charge in [0, 0.05) is 6.04 Å². The molecular weight excluding hydrogens is 206 g/mol. The summed E-state index contributed by atoms with van der Waals surface area (Å²) in [4.78, 5) is 0.547. The van der Waals surface area contributed by atoms with Gasteiger partial charge in [0.05, 0.1) is 0 Å². The van der Waals surface area contributed by atoms with E-state index in [4.69, 9.17) is 16.9 Å². The molecule has 1 N–H and O–H groups in total. The second-order valence-corrected chi connectivity index (χ2v) is 3.87. The Hall–Kier alpha value is -0.790. The Kier molecular flexibility index (Phi) is 3.52. The van der Waals surface area contributed by atoms with Gasteiger partial charge < -0.3 is 5.32 Å². The first-order valence-electron chi connectivity index (χ1n) is 4.00. The van der Waals surface area contributed by atoms with E-state index in [0.717, 1.165) is 18.0 Å². The number of hydrogen-bond donors (Lipinski definition) is 1. The fourth-order valence-electron chi connectivity index (χ4n) is 0.821. The molecule has 70 valence electrons. The monoisotopic (exact) mass is 215 g/mol. The van der Waals surface area contributed by atoms with Crippen molar-refractivity contribution in [2.24, 2.45) is 0 Å². The number of aromatic nitrogens is 1. The van der Waals surface area contributed by atoms with E-state index in [1.807, 2.05) is 6.92 Å². The third kappa shape index (κ3) is 2.33. The van der Waals surface area contributed by atoms with Gasteiger partial charge in [-0.15, -0.1) is 0 Å². The van der Waals surface area contributed by atoms with Crippen molar-refractivity contribution in [1.82, 2.24) is 4.37 Å². The van der Waals surface area contributed by atoms with Crippen molar-refractivity contribution in [3.05, 3.63) is 10.0 Å². The second-order valence-electron chi connectivity index (χ2n) is 2.74. The number of anilines is 1. The molecule has 0 fully saturated rings. The fraction of sp³-hybridized carbons (Fsp3) is 0.500. The summed E-state index contributed by atoms with van der Waals surface area (Å²) in [5.74, 6) is 0. The maximum absolute atomic E-state index is 8.74. The minimum absolute atomic E-state index is 0.306. The third-order valence-electron chi connectivity index (χ3n) is 1.76. The van der Waals surface area contributed by atoms with Crippen LogP contribution in [0.3, 0.4) is 0 Å². The van der Waals surface area contributed by atoms with Crippen LogP contribution in [0, 0.1) is 11.3 Å². The van der Waals surface area contributed by atoms with E-state index in [2.05, 4.69) is 22.7 Å². The molecule has 0 saturated heterocycles. The largest absolute Gasteiger partial charge is 0.378 e. The average molecular weight is 216 g/mol. The molecule has 0 saturated carbocycles. The van der Waals surface area contributed by atoms with Crippen LogP contribution in [-0.4, -0.2) is 10.4 Å². The van der Waals surface area contributed by atoms with Crippen molar-refractivity contribution in [2.45, 2.75) is 26.3 Å². The highest BCUT2D eigenvalue weighted by Crippen LogP contribution is 2.28. The molecule has 13 heavy (non-hydrogen) atoms. The SMILES string of the molecule is CCC(C)Nc1c(Cl)nsc1C#N. The first kappa shape index (κ1) is 10.3. The van der Waals surface area contributed by atoms with Crippen molar-refractivity contribution in [3.8, 4) is 6.07 Å². The van der Waals surface area contributed by atoms with Gasteiger partial charge >= 0.3 is 0 Å². The number of nitrogens with one attached hydrogen (secondary N) is 1. The van der Waals surface area contributed by atoms with Crippen LogP contribution in [-0.2, 0) is 0 Å². The summed E-state index contributed by atoms with van der Waals surface area (Å²) in [6, 6.07) is 2.36. The van der Waals surface area contributed by atoms with Crippen molar-refractivity contribution in [2.75, 3.05) is 5.32 Å². The highest BCUT2D eigenvalue weighted by Gasteiger charge is 2.12. The van der Waals surface area contributed by atoms with E-state index in [0.29, 0.717) is 21.8 Å². The summed E-state index contributed by atoms with van der Waals surface area (Å²) in [6.07, 6.45) is 0.983. The van der Waals surface area contributed by atoms with Crippen LogP contribution in [0.15, 0.2) is 0 Å². The van der Waals surface area contributed by atoms with Crippen molar-refractivity contribution < 1.29 is 0 Å². The highest BCUT2D eigenvalue weighted by molar-refractivity contribution is 7.07. The van der Waals surface area contributed by atoms with Crippen LogP contribution < -0.4 is 5.32 Å². The molecular formula is C8H10ClN3S. The maximum Gasteiger partial charge on any atom is 0.167 e. The molecule has 0 spiro atoms. The van der Waals surface area contributed by atoms with Gasteiger partial charge in [0.2, 0.25) is 0 Å². The molecule has 3 nitrogen and oxygen atoms in total. The lowest BCUT2D eigenvalue weighted by Gasteiger charge is -2.11. The summed E-state index contributed by atoms with van der Waals surface area (Å²) in [7, 11) is 0. The molecule has 0 aliphatic rings. The lowest BCUT2D eigenvalue weighted by molar-refractivity contribution is 0.764. The van der Waals surface area contributed by atoms with Crippen molar-refractivity contribution >= 4 is 28.8 Å². The zero-order chi connectivity index (χ0) is 9.84. The van der Waals surface area contributed by atoms with Crippen LogP contribution >= 0.6 is 23.1 Å². The quantitative estimate of drug-likeness (QED) is 0.844. The molecule has 0 aliphatic heterocycles. The van der Waals surface area contributed by atoms with Gasteiger partial charge in [-0.2, -0.15) is 9.64 Å². The van der Waals surface area contributed by atoms with E-state index >= 15 is 0 Å². The molecule has 0 bridgehead atoms. The number of halogens is 1. The molecule has 1 unspecified atom stereocenters. The Morgan fingerprint density at radius 2 is 2.46 bits per heavy atom. The van der Waals surface area contributed by atoms with E-state index < -0.39 is 0 Å². The third-order valence-corrected chi connectivity index (χ3v) is 2.88. The summed E-state index contributed by atoms with van der Waals surface area (Å²) >= 11 is 6.93. The Morgan fingerprint density at radius 3 is 3.00 bits per heavy atom. The lowest BCUT2D eigenvalue weighted by Crippen LogP contribution is -2.13. The van der Waals surface area contributed by atoms with Gasteiger partial charge in [-0.05, 0) is 24.9 Å². The Labute approximate surface area is 86.5 Å². The maximum atomic E-state index is 8.74. The molecule has 1 rings (SSSR count). The van der Waals surface area contributed by atoms with Crippen LogP contribution in [0.1, 0.15) is 25.1 Å². The lowest BCUT2D eigenvalue weighted by atomic mass is 10.2. The summed E-state index contributed by atoms with van der Waals surface area (Å²) in [5, 5.41) is 12.3. The van der Waals surface area contributed by atoms with Gasteiger partial charge in [0.25, 0.3) is 0 Å². The standard InChI is InChI=1S/C8H10ClN3S/c1-3-5(2)11-7-6(4-10)13-12-8(7)9/h5,11H,3H2,1-2H3. The smallest absolute Gasteiger partial charge is 0.167 e. The van der Waals surface area contributed by atoms with Gasteiger partial charge in [0.15, 0.2) is 5.15 Å². The first-order chi connectivity index (χ1) is 6.19. The predicted molar refractivity (Wildman–Crippen MR) is 55.2 cm³/mol. The molecule has 0 aromatic carbocycles. The predicted octanol–water partition coefficient (Wildman–Crippen LogP) is 2.88. The summed E-state index contributed by atoms with van der Waals surface area (Å²) in [6.45, 7) is 4.10. The highest BCUT2D eigenvalue weighted by atomic mass is 35.5. The van der Waals surface area contributed by atoms with Gasteiger partial charge in [-0.1, -0.05) is 18.5 Å². The average Bonchev–Trinajstić information content (AvgIpc) is 2.48. The van der Waals surface area contributed by atoms with E-state index in [1.165, 1.54) is 0 Å². The number of nitriles is 1. The minimum Gasteiger partial charge on any atom is -0.378 e. The fourth-order valence-corrected chi connectivity index (χ4v) is 1.68. The minimum atomic E-state index is 0.306. The molecule has 5 heteroatoms. The van der Waals surface area contributed by atoms with E-state index in [-0.39, 0.29) is 0 Å². The van der Waals surface area contributed by atoms with Crippen LogP contribution in [0.2, 0.25) is 5.15 Å². The molecule has 1 atom stereocenters. The van der Waals surface area contributed by atoms with Crippen LogP contribution in [0.5, 0.6) is 0 Å². The Morgan fingerprint density at radius 1 is 1.77 bits per heavy atom. The number of nitrogens with zero attached hydrogens (tertiary/aromatic N) is 2. The van der Waals surface area contributed by atoms with Gasteiger partial charge in [-0.25, -0.2) is 0 Å². The second kappa shape index (κ2) is 4.45. The van der Waals surface area contributed by atoms with E-state index in [1.54, 1.807) is 0 Å². The number of rotatable bonds is 3. The molecule has 0 radical (unpaired) electrons. The Bertz CT molecular complexity index is 329. The Balaban J connectivity index is 2.87. The first-order valence-corrected chi connectivity index (χ1v) is 5.16. The van der Waals surface area contributed by atoms with Crippen molar-refractivity contribution in [1.29, 1.82) is 5.26 Å². The van der Waals surface area contributed by atoms with Gasteiger partial charge in [0.1, 0.15) is 16.6 Å².